The maximum Gasteiger partial charge on any atom is 0.143 e. The van der Waals surface area contributed by atoms with Crippen molar-refractivity contribution >= 4 is 71.6 Å². The lowest BCUT2D eigenvalue weighted by Crippen LogP contribution is -2.11. The number of nitrogens with zero attached hydrogens (tertiary/aromatic N) is 2. The predicted molar refractivity (Wildman–Crippen MR) is 282 cm³/mol. The van der Waals surface area contributed by atoms with Gasteiger partial charge in [-0.3, -0.25) is 0 Å². The Labute approximate surface area is 388 Å². The van der Waals surface area contributed by atoms with E-state index in [4.69, 9.17) is 4.42 Å². The molecule has 3 heteroatoms. The van der Waals surface area contributed by atoms with Gasteiger partial charge in [-0.15, -0.1) is 0 Å². The molecule has 0 aliphatic heterocycles. The molecule has 0 amide bonds. The highest BCUT2D eigenvalue weighted by Gasteiger charge is 2.22. The van der Waals surface area contributed by atoms with Crippen LogP contribution in [0.4, 0.5) is 17.1 Å². The molecule has 13 aromatic rings. The molecular weight excluding hydrogens is 813 g/mol. The third-order valence-electron chi connectivity index (χ3n) is 13.4. The average molecular weight is 855 g/mol. The topological polar surface area (TPSA) is 21.3 Å². The van der Waals surface area contributed by atoms with E-state index in [1.807, 2.05) is 0 Å². The predicted octanol–water partition coefficient (Wildman–Crippen LogP) is 18.0. The second kappa shape index (κ2) is 16.0. The molecular formula is C64H42N2O. The highest BCUT2D eigenvalue weighted by Crippen LogP contribution is 2.46. The molecule has 0 radical (unpaired) electrons. The first kappa shape index (κ1) is 38.5. The summed E-state index contributed by atoms with van der Waals surface area (Å²) in [6.45, 7) is 0. The van der Waals surface area contributed by atoms with Crippen molar-refractivity contribution in [2.24, 2.45) is 0 Å². The fourth-order valence-corrected chi connectivity index (χ4v) is 10.2. The lowest BCUT2D eigenvalue weighted by Gasteiger charge is -2.28. The van der Waals surface area contributed by atoms with Gasteiger partial charge in [0.25, 0.3) is 0 Å². The molecule has 0 N–H and O–H groups in total. The van der Waals surface area contributed by atoms with Crippen molar-refractivity contribution < 1.29 is 4.42 Å². The van der Waals surface area contributed by atoms with Crippen molar-refractivity contribution in [2.45, 2.75) is 0 Å². The molecule has 0 spiro atoms. The van der Waals surface area contributed by atoms with Crippen molar-refractivity contribution in [1.29, 1.82) is 0 Å². The van der Waals surface area contributed by atoms with Crippen LogP contribution in [0.5, 0.6) is 0 Å². The Balaban J connectivity index is 0.930. The van der Waals surface area contributed by atoms with Crippen LogP contribution in [0.1, 0.15) is 0 Å². The molecule has 2 aromatic heterocycles. The summed E-state index contributed by atoms with van der Waals surface area (Å²) in [6, 6.07) is 91.8. The van der Waals surface area contributed by atoms with Crippen molar-refractivity contribution in [2.75, 3.05) is 4.90 Å². The minimum atomic E-state index is 0.875. The van der Waals surface area contributed by atoms with E-state index in [0.29, 0.717) is 0 Å². The smallest absolute Gasteiger partial charge is 0.143 e. The summed E-state index contributed by atoms with van der Waals surface area (Å²) in [6.07, 6.45) is 0. The number of hydrogen-bond donors (Lipinski definition) is 0. The van der Waals surface area contributed by atoms with Gasteiger partial charge in [0.05, 0.1) is 16.7 Å². The van der Waals surface area contributed by atoms with Gasteiger partial charge in [0, 0.05) is 49.6 Å². The summed E-state index contributed by atoms with van der Waals surface area (Å²) in [5.74, 6) is 0. The van der Waals surface area contributed by atoms with Gasteiger partial charge in [-0.2, -0.15) is 0 Å². The molecule has 3 nitrogen and oxygen atoms in total. The molecule has 0 fully saturated rings. The number of aromatic nitrogens is 1. The van der Waals surface area contributed by atoms with Crippen LogP contribution in [0.15, 0.2) is 259 Å². The third-order valence-corrected chi connectivity index (χ3v) is 13.4. The Kier molecular flexibility index (Phi) is 9.17. The molecule has 0 unspecified atom stereocenters. The van der Waals surface area contributed by atoms with Gasteiger partial charge in [-0.05, 0) is 111 Å². The summed E-state index contributed by atoms with van der Waals surface area (Å²) >= 11 is 0. The zero-order chi connectivity index (χ0) is 44.3. The lowest BCUT2D eigenvalue weighted by atomic mass is 9.96. The number of hydrogen-bond acceptors (Lipinski definition) is 2. The van der Waals surface area contributed by atoms with Crippen LogP contribution in [0.2, 0.25) is 0 Å². The van der Waals surface area contributed by atoms with Crippen molar-refractivity contribution in [3.05, 3.63) is 255 Å². The monoisotopic (exact) mass is 854 g/mol. The number of fused-ring (bicyclic) bond motifs is 8. The van der Waals surface area contributed by atoms with Crippen molar-refractivity contribution in [1.82, 2.24) is 4.57 Å². The molecule has 0 saturated carbocycles. The van der Waals surface area contributed by atoms with E-state index in [9.17, 15) is 0 Å². The number of rotatable bonds is 8. The van der Waals surface area contributed by atoms with Crippen molar-refractivity contribution in [3.63, 3.8) is 0 Å². The highest BCUT2D eigenvalue weighted by atomic mass is 16.3. The van der Waals surface area contributed by atoms with Crippen LogP contribution in [-0.4, -0.2) is 4.57 Å². The van der Waals surface area contributed by atoms with E-state index in [2.05, 4.69) is 264 Å². The number of benzene rings is 11. The van der Waals surface area contributed by atoms with Gasteiger partial charge in [0.1, 0.15) is 11.2 Å². The van der Waals surface area contributed by atoms with E-state index in [1.54, 1.807) is 0 Å². The van der Waals surface area contributed by atoms with E-state index < -0.39 is 0 Å². The first-order valence-electron chi connectivity index (χ1n) is 22.9. The molecule has 13 rings (SSSR count). The zero-order valence-corrected chi connectivity index (χ0v) is 36.6. The Bertz CT molecular complexity index is 3900. The lowest BCUT2D eigenvalue weighted by molar-refractivity contribution is 0.673. The fourth-order valence-electron chi connectivity index (χ4n) is 10.2. The number of furan rings is 1. The van der Waals surface area contributed by atoms with E-state index in [1.165, 1.54) is 43.9 Å². The standard InChI is InChI=1S/C64H42N2O/c1-2-14-43(15-3-1)44-28-30-45(31-29-44)46-32-37-50(38-33-46)65(59-24-9-8-22-56(59)57-23-13-27-62-63(57)58-41-36-48-16-4-5-19-53(48)64(58)67-62)51-39-34-47(35-40-51)49-17-12-18-52(42-49)66-60-25-10-6-20-54(60)55-21-7-11-26-61(55)66/h1-42H. The van der Waals surface area contributed by atoms with Gasteiger partial charge >= 0.3 is 0 Å². The molecule has 11 aromatic carbocycles. The van der Waals surface area contributed by atoms with E-state index in [0.717, 1.165) is 77.9 Å². The molecule has 0 aliphatic rings. The quantitative estimate of drug-likeness (QED) is 0.152. The Morgan fingerprint density at radius 2 is 0.836 bits per heavy atom. The second-order valence-electron chi connectivity index (χ2n) is 17.3. The summed E-state index contributed by atoms with van der Waals surface area (Å²) in [5.41, 5.74) is 17.8. The first-order chi connectivity index (χ1) is 33.2. The zero-order valence-electron chi connectivity index (χ0n) is 36.6. The third kappa shape index (κ3) is 6.59. The minimum Gasteiger partial charge on any atom is -0.455 e. The van der Waals surface area contributed by atoms with Crippen LogP contribution in [0.3, 0.4) is 0 Å². The maximum atomic E-state index is 6.70. The van der Waals surface area contributed by atoms with Crippen LogP contribution >= 0.6 is 0 Å². The summed E-state index contributed by atoms with van der Waals surface area (Å²) in [4.78, 5) is 2.40. The van der Waals surface area contributed by atoms with Gasteiger partial charge in [-0.1, -0.05) is 188 Å². The first-order valence-corrected chi connectivity index (χ1v) is 22.9. The molecule has 0 aliphatic carbocycles. The Morgan fingerprint density at radius 1 is 0.328 bits per heavy atom. The Hall–Kier alpha value is -8.92. The Morgan fingerprint density at radius 3 is 1.52 bits per heavy atom. The maximum absolute atomic E-state index is 6.70. The highest BCUT2D eigenvalue weighted by molar-refractivity contribution is 6.20. The minimum absolute atomic E-state index is 0.875. The van der Waals surface area contributed by atoms with Gasteiger partial charge in [-0.25, -0.2) is 0 Å². The second-order valence-corrected chi connectivity index (χ2v) is 17.3. The largest absolute Gasteiger partial charge is 0.455 e. The molecule has 67 heavy (non-hydrogen) atoms. The molecule has 0 atom stereocenters. The summed E-state index contributed by atoms with van der Waals surface area (Å²) in [7, 11) is 0. The van der Waals surface area contributed by atoms with Crippen LogP contribution in [0, 0.1) is 0 Å². The fraction of sp³-hybridized carbons (Fsp3) is 0. The summed E-state index contributed by atoms with van der Waals surface area (Å²) < 4.78 is 9.08. The van der Waals surface area contributed by atoms with Gasteiger partial charge in [0.15, 0.2) is 0 Å². The molecule has 0 bridgehead atoms. The summed E-state index contributed by atoms with van der Waals surface area (Å²) in [5, 5.41) is 7.03. The van der Waals surface area contributed by atoms with Gasteiger partial charge in [0.2, 0.25) is 0 Å². The molecule has 2 heterocycles. The average Bonchev–Trinajstić information content (AvgIpc) is 3.96. The van der Waals surface area contributed by atoms with Gasteiger partial charge < -0.3 is 13.9 Å². The normalized spacial score (nSPS) is 11.6. The number of anilines is 3. The van der Waals surface area contributed by atoms with Crippen LogP contribution < -0.4 is 4.90 Å². The number of para-hydroxylation sites is 3. The van der Waals surface area contributed by atoms with Crippen LogP contribution in [-0.2, 0) is 0 Å². The SMILES string of the molecule is c1ccc(-c2ccc(-c3ccc(N(c4ccc(-c5cccc(-n6c7ccccc7c7ccccc76)c5)cc4)c4ccccc4-c4cccc5oc6c7ccccc7ccc6c45)cc3)cc2)cc1. The molecule has 314 valence electrons. The van der Waals surface area contributed by atoms with E-state index in [-0.39, 0.29) is 0 Å². The van der Waals surface area contributed by atoms with E-state index >= 15 is 0 Å². The molecule has 0 saturated heterocycles. The van der Waals surface area contributed by atoms with Crippen LogP contribution in [0.25, 0.3) is 105 Å². The van der Waals surface area contributed by atoms with Crippen molar-refractivity contribution in [3.8, 4) is 50.2 Å².